The van der Waals surface area contributed by atoms with Gasteiger partial charge in [-0.25, -0.2) is 0 Å². The van der Waals surface area contributed by atoms with Crippen molar-refractivity contribution < 1.29 is 4.79 Å². The van der Waals surface area contributed by atoms with E-state index in [2.05, 4.69) is 10.6 Å². The molecule has 2 aromatic rings. The molecule has 0 bridgehead atoms. The molecule has 1 amide bonds. The van der Waals surface area contributed by atoms with E-state index in [1.165, 1.54) is 0 Å². The summed E-state index contributed by atoms with van der Waals surface area (Å²) in [6, 6.07) is 14.7. The van der Waals surface area contributed by atoms with Crippen molar-refractivity contribution in [3.05, 3.63) is 59.1 Å². The van der Waals surface area contributed by atoms with E-state index in [9.17, 15) is 4.79 Å². The van der Waals surface area contributed by atoms with Gasteiger partial charge in [0.15, 0.2) is 0 Å². The smallest absolute Gasteiger partial charge is 0.246 e. The molecule has 4 heteroatoms. The maximum absolute atomic E-state index is 12.1. The van der Waals surface area contributed by atoms with Crippen molar-refractivity contribution in [1.29, 1.82) is 0 Å². The highest BCUT2D eigenvalue weighted by atomic mass is 35.5. The molecule has 0 aliphatic carbocycles. The van der Waals surface area contributed by atoms with Crippen molar-refractivity contribution in [2.75, 3.05) is 10.6 Å². The number of hydrogen-bond donors (Lipinski definition) is 2. The van der Waals surface area contributed by atoms with Crippen LogP contribution in [0.1, 0.15) is 12.5 Å². The lowest BCUT2D eigenvalue weighted by atomic mass is 10.2. The topological polar surface area (TPSA) is 41.1 Å². The fourth-order valence-electron chi connectivity index (χ4n) is 1.85. The molecule has 0 saturated carbocycles. The molecular formula is C16H17ClN2O. The van der Waals surface area contributed by atoms with E-state index in [1.54, 1.807) is 12.1 Å². The predicted octanol–water partition coefficient (Wildman–Crippen LogP) is 4.09. The summed E-state index contributed by atoms with van der Waals surface area (Å²) in [5.41, 5.74) is 2.69. The lowest BCUT2D eigenvalue weighted by Crippen LogP contribution is -2.31. The van der Waals surface area contributed by atoms with Gasteiger partial charge in [0.1, 0.15) is 6.04 Å². The van der Waals surface area contributed by atoms with Gasteiger partial charge in [0.05, 0.1) is 10.7 Å². The number of halogens is 1. The Kier molecular flexibility index (Phi) is 4.64. The minimum absolute atomic E-state index is 0.125. The number of amides is 1. The molecule has 0 aliphatic heterocycles. The third kappa shape index (κ3) is 3.75. The molecule has 1 unspecified atom stereocenters. The largest absolute Gasteiger partial charge is 0.374 e. The van der Waals surface area contributed by atoms with Gasteiger partial charge in [0.2, 0.25) is 5.91 Å². The van der Waals surface area contributed by atoms with E-state index in [0.717, 1.165) is 11.3 Å². The van der Waals surface area contributed by atoms with Gasteiger partial charge in [-0.15, -0.1) is 0 Å². The van der Waals surface area contributed by atoms with E-state index in [1.807, 2.05) is 50.2 Å². The first-order valence-corrected chi connectivity index (χ1v) is 6.82. The van der Waals surface area contributed by atoms with Crippen LogP contribution in [0.4, 0.5) is 11.4 Å². The Morgan fingerprint density at radius 3 is 2.60 bits per heavy atom. The molecule has 2 rings (SSSR count). The number of hydrogen-bond acceptors (Lipinski definition) is 2. The predicted molar refractivity (Wildman–Crippen MR) is 84.3 cm³/mol. The second-order valence-corrected chi connectivity index (χ2v) is 5.11. The van der Waals surface area contributed by atoms with Gasteiger partial charge < -0.3 is 10.6 Å². The third-order valence-electron chi connectivity index (χ3n) is 2.93. The summed E-state index contributed by atoms with van der Waals surface area (Å²) < 4.78 is 0. The van der Waals surface area contributed by atoms with Crippen LogP contribution in [0.2, 0.25) is 5.02 Å². The Morgan fingerprint density at radius 2 is 1.90 bits per heavy atom. The molecule has 2 N–H and O–H groups in total. The zero-order valence-electron chi connectivity index (χ0n) is 11.5. The zero-order valence-corrected chi connectivity index (χ0v) is 12.2. The third-order valence-corrected chi connectivity index (χ3v) is 3.26. The van der Waals surface area contributed by atoms with E-state index >= 15 is 0 Å². The number of benzene rings is 2. The SMILES string of the molecule is Cc1cccc(NC(C)C(=O)Nc2ccccc2Cl)c1. The fourth-order valence-corrected chi connectivity index (χ4v) is 2.04. The van der Waals surface area contributed by atoms with E-state index in [0.29, 0.717) is 10.7 Å². The quantitative estimate of drug-likeness (QED) is 0.890. The molecule has 104 valence electrons. The molecule has 0 aliphatic rings. The molecule has 0 aromatic heterocycles. The van der Waals surface area contributed by atoms with Crippen molar-refractivity contribution in [3.63, 3.8) is 0 Å². The van der Waals surface area contributed by atoms with Crippen LogP contribution in [0.5, 0.6) is 0 Å². The van der Waals surface area contributed by atoms with Crippen LogP contribution in [0.3, 0.4) is 0 Å². The molecule has 0 fully saturated rings. The van der Waals surface area contributed by atoms with Crippen LogP contribution in [-0.2, 0) is 4.79 Å². The van der Waals surface area contributed by atoms with Gasteiger partial charge in [-0.2, -0.15) is 0 Å². The molecule has 1 atom stereocenters. The Bertz CT molecular complexity index is 613. The average Bonchev–Trinajstić information content (AvgIpc) is 2.41. The van der Waals surface area contributed by atoms with E-state index in [4.69, 9.17) is 11.6 Å². The molecule has 0 heterocycles. The molecular weight excluding hydrogens is 272 g/mol. The van der Waals surface area contributed by atoms with Gasteiger partial charge in [0.25, 0.3) is 0 Å². The molecule has 0 radical (unpaired) electrons. The Hall–Kier alpha value is -2.00. The van der Waals surface area contributed by atoms with Crippen molar-refractivity contribution in [1.82, 2.24) is 0 Å². The molecule has 3 nitrogen and oxygen atoms in total. The molecule has 20 heavy (non-hydrogen) atoms. The molecule has 0 saturated heterocycles. The molecule has 2 aromatic carbocycles. The highest BCUT2D eigenvalue weighted by Gasteiger charge is 2.13. The molecule has 0 spiro atoms. The second kappa shape index (κ2) is 6.44. The standard InChI is InChI=1S/C16H17ClN2O/c1-11-6-5-7-13(10-11)18-12(2)16(20)19-15-9-4-3-8-14(15)17/h3-10,12,18H,1-2H3,(H,19,20). The lowest BCUT2D eigenvalue weighted by molar-refractivity contribution is -0.116. The summed E-state index contributed by atoms with van der Waals surface area (Å²) in [5, 5.41) is 6.51. The first-order chi connectivity index (χ1) is 9.56. The lowest BCUT2D eigenvalue weighted by Gasteiger charge is -2.16. The summed E-state index contributed by atoms with van der Waals surface area (Å²) in [6.45, 7) is 3.83. The monoisotopic (exact) mass is 288 g/mol. The highest BCUT2D eigenvalue weighted by Crippen LogP contribution is 2.21. The number of anilines is 2. The zero-order chi connectivity index (χ0) is 14.5. The normalized spacial score (nSPS) is 11.8. The highest BCUT2D eigenvalue weighted by molar-refractivity contribution is 6.33. The van der Waals surface area contributed by atoms with Crippen LogP contribution < -0.4 is 10.6 Å². The first kappa shape index (κ1) is 14.4. The van der Waals surface area contributed by atoms with E-state index < -0.39 is 0 Å². The maximum atomic E-state index is 12.1. The van der Waals surface area contributed by atoms with Crippen LogP contribution >= 0.6 is 11.6 Å². The number of nitrogens with one attached hydrogen (secondary N) is 2. The Morgan fingerprint density at radius 1 is 1.15 bits per heavy atom. The van der Waals surface area contributed by atoms with Gasteiger partial charge in [-0.1, -0.05) is 35.9 Å². The van der Waals surface area contributed by atoms with Gasteiger partial charge in [-0.3, -0.25) is 4.79 Å². The van der Waals surface area contributed by atoms with Crippen LogP contribution in [-0.4, -0.2) is 11.9 Å². The summed E-state index contributed by atoms with van der Waals surface area (Å²) in [5.74, 6) is -0.125. The van der Waals surface area contributed by atoms with Gasteiger partial charge in [0, 0.05) is 5.69 Å². The number of para-hydroxylation sites is 1. The number of carbonyl (C=O) groups is 1. The maximum Gasteiger partial charge on any atom is 0.246 e. The van der Waals surface area contributed by atoms with Gasteiger partial charge in [-0.05, 0) is 43.7 Å². The Labute approximate surface area is 124 Å². The summed E-state index contributed by atoms with van der Waals surface area (Å²) in [7, 11) is 0. The van der Waals surface area contributed by atoms with Crippen LogP contribution in [0, 0.1) is 6.92 Å². The summed E-state index contributed by atoms with van der Waals surface area (Å²) >= 11 is 6.02. The number of carbonyl (C=O) groups excluding carboxylic acids is 1. The summed E-state index contributed by atoms with van der Waals surface area (Å²) in [4.78, 5) is 12.1. The minimum Gasteiger partial charge on any atom is -0.374 e. The Balaban J connectivity index is 2.01. The van der Waals surface area contributed by atoms with Crippen molar-refractivity contribution in [2.24, 2.45) is 0 Å². The van der Waals surface area contributed by atoms with E-state index in [-0.39, 0.29) is 11.9 Å². The van der Waals surface area contributed by atoms with Crippen LogP contribution in [0.25, 0.3) is 0 Å². The van der Waals surface area contributed by atoms with Crippen molar-refractivity contribution >= 4 is 28.9 Å². The fraction of sp³-hybridized carbons (Fsp3) is 0.188. The second-order valence-electron chi connectivity index (χ2n) is 4.70. The first-order valence-electron chi connectivity index (χ1n) is 6.45. The number of aryl methyl sites for hydroxylation is 1. The van der Waals surface area contributed by atoms with Crippen molar-refractivity contribution in [3.8, 4) is 0 Å². The number of rotatable bonds is 4. The average molecular weight is 289 g/mol. The van der Waals surface area contributed by atoms with Gasteiger partial charge >= 0.3 is 0 Å². The van der Waals surface area contributed by atoms with Crippen LogP contribution in [0.15, 0.2) is 48.5 Å². The summed E-state index contributed by atoms with van der Waals surface area (Å²) in [6.07, 6.45) is 0. The minimum atomic E-state index is -0.354. The van der Waals surface area contributed by atoms with Crippen molar-refractivity contribution in [2.45, 2.75) is 19.9 Å².